The molecule has 0 saturated heterocycles. The van der Waals surface area contributed by atoms with Crippen molar-refractivity contribution < 1.29 is 19.0 Å². The van der Waals surface area contributed by atoms with Gasteiger partial charge in [0.2, 0.25) is 0 Å². The van der Waals surface area contributed by atoms with Crippen LogP contribution < -0.4 is 20.5 Å². The average molecular weight is 294 g/mol. The number of benzene rings is 1. The monoisotopic (exact) mass is 294 g/mol. The van der Waals surface area contributed by atoms with Gasteiger partial charge in [-0.25, -0.2) is 0 Å². The van der Waals surface area contributed by atoms with Crippen LogP contribution in [0.1, 0.15) is 29.6 Å². The topological polar surface area (TPSA) is 82.8 Å². The van der Waals surface area contributed by atoms with Crippen LogP contribution in [-0.2, 0) is 4.74 Å². The van der Waals surface area contributed by atoms with Crippen LogP contribution in [0.5, 0.6) is 11.5 Å². The minimum Gasteiger partial charge on any atom is -0.497 e. The minimum absolute atomic E-state index is 0.110. The van der Waals surface area contributed by atoms with Gasteiger partial charge in [0.05, 0.1) is 31.6 Å². The summed E-state index contributed by atoms with van der Waals surface area (Å²) in [7, 11) is 4.74. The molecule has 0 aromatic heterocycles. The van der Waals surface area contributed by atoms with Crippen LogP contribution in [0.25, 0.3) is 0 Å². The van der Waals surface area contributed by atoms with E-state index in [1.807, 2.05) is 0 Å². The summed E-state index contributed by atoms with van der Waals surface area (Å²) in [6, 6.07) is 3.39. The molecule has 0 aliphatic heterocycles. The quantitative estimate of drug-likeness (QED) is 0.806. The first-order valence-electron chi connectivity index (χ1n) is 6.94. The van der Waals surface area contributed by atoms with Crippen LogP contribution in [0.4, 0.5) is 5.69 Å². The van der Waals surface area contributed by atoms with Gasteiger partial charge in [0.25, 0.3) is 5.91 Å². The van der Waals surface area contributed by atoms with E-state index in [-0.39, 0.29) is 18.1 Å². The Kier molecular flexibility index (Phi) is 4.90. The third kappa shape index (κ3) is 3.39. The summed E-state index contributed by atoms with van der Waals surface area (Å²) < 4.78 is 15.7. The van der Waals surface area contributed by atoms with Gasteiger partial charge in [-0.3, -0.25) is 4.79 Å². The van der Waals surface area contributed by atoms with Crippen molar-refractivity contribution in [2.75, 3.05) is 27.1 Å². The third-order valence-electron chi connectivity index (χ3n) is 3.87. The number of hydrogen-bond donors (Lipinski definition) is 2. The van der Waals surface area contributed by atoms with Gasteiger partial charge in [0.15, 0.2) is 0 Å². The zero-order valence-electron chi connectivity index (χ0n) is 12.6. The first-order valence-corrected chi connectivity index (χ1v) is 6.94. The van der Waals surface area contributed by atoms with E-state index < -0.39 is 0 Å². The van der Waals surface area contributed by atoms with Crippen LogP contribution >= 0.6 is 0 Å². The predicted octanol–water partition coefficient (Wildman–Crippen LogP) is 1.58. The van der Waals surface area contributed by atoms with E-state index in [4.69, 9.17) is 19.9 Å². The predicted molar refractivity (Wildman–Crippen MR) is 79.9 cm³/mol. The molecule has 6 heteroatoms. The highest BCUT2D eigenvalue weighted by atomic mass is 16.5. The van der Waals surface area contributed by atoms with Crippen molar-refractivity contribution in [1.82, 2.24) is 5.32 Å². The van der Waals surface area contributed by atoms with Crippen molar-refractivity contribution in [1.29, 1.82) is 0 Å². The number of carbonyl (C=O) groups is 1. The molecule has 1 amide bonds. The second kappa shape index (κ2) is 6.67. The standard InChI is InChI=1S/C15H22N2O4/c1-19-10-5-4-9(6-10)17-15(18)12-7-11(20-2)8-13(21-3)14(12)16/h7-10H,4-6,16H2,1-3H3,(H,17,18). The number of methoxy groups -OCH3 is 3. The number of amides is 1. The summed E-state index contributed by atoms with van der Waals surface area (Å²) in [5, 5.41) is 2.99. The molecule has 0 bridgehead atoms. The van der Waals surface area contributed by atoms with Crippen LogP contribution in [0.15, 0.2) is 12.1 Å². The van der Waals surface area contributed by atoms with Gasteiger partial charge in [0, 0.05) is 19.2 Å². The molecular weight excluding hydrogens is 272 g/mol. The molecule has 1 aromatic carbocycles. The maximum absolute atomic E-state index is 12.4. The molecule has 1 aliphatic rings. The summed E-state index contributed by atoms with van der Waals surface area (Å²) >= 11 is 0. The molecule has 3 N–H and O–H groups in total. The molecule has 1 saturated carbocycles. The number of carbonyl (C=O) groups excluding carboxylic acids is 1. The fourth-order valence-electron chi connectivity index (χ4n) is 2.62. The van der Waals surface area contributed by atoms with Gasteiger partial charge >= 0.3 is 0 Å². The Morgan fingerprint density at radius 1 is 1.24 bits per heavy atom. The lowest BCUT2D eigenvalue weighted by Crippen LogP contribution is -2.33. The van der Waals surface area contributed by atoms with Crippen molar-refractivity contribution in [3.8, 4) is 11.5 Å². The largest absolute Gasteiger partial charge is 0.497 e. The molecule has 1 aromatic rings. The second-order valence-corrected chi connectivity index (χ2v) is 5.13. The SMILES string of the molecule is COc1cc(OC)c(N)c(C(=O)NC2CCC(OC)C2)c1. The fraction of sp³-hybridized carbons (Fsp3) is 0.533. The summed E-state index contributed by atoms with van der Waals surface area (Å²) in [6.45, 7) is 0. The molecule has 1 fully saturated rings. The molecule has 0 radical (unpaired) electrons. The second-order valence-electron chi connectivity index (χ2n) is 5.13. The normalized spacial score (nSPS) is 21.1. The highest BCUT2D eigenvalue weighted by molar-refractivity contribution is 6.01. The molecule has 6 nitrogen and oxygen atoms in total. The zero-order chi connectivity index (χ0) is 15.4. The van der Waals surface area contributed by atoms with E-state index in [1.165, 1.54) is 14.2 Å². The van der Waals surface area contributed by atoms with Crippen molar-refractivity contribution >= 4 is 11.6 Å². The number of anilines is 1. The molecule has 21 heavy (non-hydrogen) atoms. The van der Waals surface area contributed by atoms with Crippen LogP contribution in [0.3, 0.4) is 0 Å². The van der Waals surface area contributed by atoms with Crippen LogP contribution in [0.2, 0.25) is 0 Å². The van der Waals surface area contributed by atoms with Gasteiger partial charge < -0.3 is 25.3 Å². The van der Waals surface area contributed by atoms with E-state index in [0.29, 0.717) is 22.7 Å². The van der Waals surface area contributed by atoms with Gasteiger partial charge in [-0.2, -0.15) is 0 Å². The first kappa shape index (κ1) is 15.4. The maximum atomic E-state index is 12.4. The summed E-state index contributed by atoms with van der Waals surface area (Å²) in [5.74, 6) is 0.750. The zero-order valence-corrected chi connectivity index (χ0v) is 12.6. The third-order valence-corrected chi connectivity index (χ3v) is 3.87. The van der Waals surface area contributed by atoms with Crippen molar-refractivity contribution in [2.45, 2.75) is 31.4 Å². The van der Waals surface area contributed by atoms with Gasteiger partial charge in [-0.05, 0) is 25.3 Å². The first-order chi connectivity index (χ1) is 10.1. The van der Waals surface area contributed by atoms with E-state index in [1.54, 1.807) is 19.2 Å². The Labute approximate surface area is 124 Å². The van der Waals surface area contributed by atoms with Crippen molar-refractivity contribution in [3.63, 3.8) is 0 Å². The van der Waals surface area contributed by atoms with Crippen molar-refractivity contribution in [2.24, 2.45) is 0 Å². The lowest BCUT2D eigenvalue weighted by atomic mass is 10.1. The molecule has 0 heterocycles. The summed E-state index contributed by atoms with van der Waals surface area (Å²) in [6.07, 6.45) is 2.90. The molecule has 2 rings (SSSR count). The Balaban J connectivity index is 2.15. The van der Waals surface area contributed by atoms with E-state index in [0.717, 1.165) is 19.3 Å². The van der Waals surface area contributed by atoms with E-state index in [2.05, 4.69) is 5.32 Å². The van der Waals surface area contributed by atoms with Gasteiger partial charge in [0.1, 0.15) is 11.5 Å². The minimum atomic E-state index is -0.216. The van der Waals surface area contributed by atoms with Gasteiger partial charge in [-0.1, -0.05) is 0 Å². The Hall–Kier alpha value is -1.95. The number of nitrogen functional groups attached to an aromatic ring is 1. The highest BCUT2D eigenvalue weighted by Crippen LogP contribution is 2.31. The summed E-state index contributed by atoms with van der Waals surface area (Å²) in [4.78, 5) is 12.4. The highest BCUT2D eigenvalue weighted by Gasteiger charge is 2.27. The molecule has 2 unspecified atom stereocenters. The fourth-order valence-corrected chi connectivity index (χ4v) is 2.62. The molecular formula is C15H22N2O4. The Morgan fingerprint density at radius 3 is 2.57 bits per heavy atom. The number of nitrogens with two attached hydrogens (primary N) is 1. The lowest BCUT2D eigenvalue weighted by molar-refractivity contribution is 0.0915. The van der Waals surface area contributed by atoms with E-state index in [9.17, 15) is 4.79 Å². The number of hydrogen-bond acceptors (Lipinski definition) is 5. The smallest absolute Gasteiger partial charge is 0.253 e. The molecule has 116 valence electrons. The Morgan fingerprint density at radius 2 is 2.00 bits per heavy atom. The van der Waals surface area contributed by atoms with Crippen molar-refractivity contribution in [3.05, 3.63) is 17.7 Å². The van der Waals surface area contributed by atoms with Gasteiger partial charge in [-0.15, -0.1) is 0 Å². The number of ether oxygens (including phenoxy) is 3. The number of nitrogens with one attached hydrogen (secondary N) is 1. The maximum Gasteiger partial charge on any atom is 0.253 e. The Bertz CT molecular complexity index is 519. The lowest BCUT2D eigenvalue weighted by Gasteiger charge is -2.16. The number of rotatable bonds is 5. The molecule has 0 spiro atoms. The molecule has 2 atom stereocenters. The van der Waals surface area contributed by atoms with Crippen LogP contribution in [-0.4, -0.2) is 39.4 Å². The molecule has 1 aliphatic carbocycles. The van der Waals surface area contributed by atoms with E-state index >= 15 is 0 Å². The summed E-state index contributed by atoms with van der Waals surface area (Å²) in [5.41, 5.74) is 6.66. The van der Waals surface area contributed by atoms with Crippen LogP contribution in [0, 0.1) is 0 Å². The average Bonchev–Trinajstić information content (AvgIpc) is 2.95.